The number of rotatable bonds is 4. The highest BCUT2D eigenvalue weighted by Gasteiger charge is 2.27. The summed E-state index contributed by atoms with van der Waals surface area (Å²) >= 11 is 0. The van der Waals surface area contributed by atoms with E-state index in [1.165, 1.54) is 0 Å². The van der Waals surface area contributed by atoms with E-state index in [2.05, 4.69) is 11.9 Å². The van der Waals surface area contributed by atoms with Crippen LogP contribution < -0.4 is 5.73 Å². The van der Waals surface area contributed by atoms with E-state index in [4.69, 9.17) is 10.5 Å². The van der Waals surface area contributed by atoms with Gasteiger partial charge in [-0.25, -0.2) is 0 Å². The van der Waals surface area contributed by atoms with Gasteiger partial charge in [0.1, 0.15) is 0 Å². The highest BCUT2D eigenvalue weighted by Crippen LogP contribution is 2.21. The lowest BCUT2D eigenvalue weighted by atomic mass is 10.0. The lowest BCUT2D eigenvalue weighted by molar-refractivity contribution is -0.173. The van der Waals surface area contributed by atoms with Gasteiger partial charge in [-0.15, -0.1) is 0 Å². The molecule has 14 heavy (non-hydrogen) atoms. The van der Waals surface area contributed by atoms with E-state index in [-0.39, 0.29) is 6.10 Å². The summed E-state index contributed by atoms with van der Waals surface area (Å²) in [7, 11) is 2.09. The quantitative estimate of drug-likeness (QED) is 0.681. The first-order valence-electron chi connectivity index (χ1n) is 5.37. The fourth-order valence-corrected chi connectivity index (χ4v) is 1.97. The van der Waals surface area contributed by atoms with Gasteiger partial charge in [-0.05, 0) is 39.9 Å². The molecule has 0 bridgehead atoms. The van der Waals surface area contributed by atoms with Crippen molar-refractivity contribution in [1.82, 2.24) is 4.90 Å². The van der Waals surface area contributed by atoms with Gasteiger partial charge in [-0.3, -0.25) is 0 Å². The molecule has 0 radical (unpaired) electrons. The minimum absolute atomic E-state index is 0.157. The largest absolute Gasteiger partial charge is 0.368 e. The lowest BCUT2D eigenvalue weighted by Gasteiger charge is -2.36. The Kier molecular flexibility index (Phi) is 4.81. The number of nitrogens with two attached hydrogens (primary N) is 1. The molecule has 0 spiro atoms. The average molecular weight is 202 g/mol. The molecule has 1 saturated heterocycles. The number of aliphatic hydroxyl groups excluding tert-OH is 1. The summed E-state index contributed by atoms with van der Waals surface area (Å²) in [6.45, 7) is 3.73. The topological polar surface area (TPSA) is 58.7 Å². The minimum Gasteiger partial charge on any atom is -0.368 e. The summed E-state index contributed by atoms with van der Waals surface area (Å²) < 4.78 is 5.28. The third-order valence-electron chi connectivity index (χ3n) is 2.81. The van der Waals surface area contributed by atoms with Gasteiger partial charge in [0.15, 0.2) is 6.29 Å². The molecule has 0 amide bonds. The molecule has 4 heteroatoms. The van der Waals surface area contributed by atoms with Crippen LogP contribution >= 0.6 is 0 Å². The fourth-order valence-electron chi connectivity index (χ4n) is 1.97. The third-order valence-corrected chi connectivity index (χ3v) is 2.81. The molecule has 1 aliphatic rings. The van der Waals surface area contributed by atoms with Crippen LogP contribution in [0.2, 0.25) is 0 Å². The Labute approximate surface area is 86.0 Å². The normalized spacial score (nSPS) is 33.6. The SMILES string of the molecule is CC1CC(N(C)CCCN)CC(O)O1. The van der Waals surface area contributed by atoms with Crippen molar-refractivity contribution in [1.29, 1.82) is 0 Å². The maximum absolute atomic E-state index is 9.45. The second kappa shape index (κ2) is 5.66. The molecule has 0 saturated carbocycles. The molecule has 3 unspecified atom stereocenters. The fraction of sp³-hybridized carbons (Fsp3) is 1.00. The zero-order valence-corrected chi connectivity index (χ0v) is 9.15. The van der Waals surface area contributed by atoms with Gasteiger partial charge in [0.2, 0.25) is 0 Å². The van der Waals surface area contributed by atoms with E-state index in [1.807, 2.05) is 6.92 Å². The molecule has 1 fully saturated rings. The van der Waals surface area contributed by atoms with Crippen LogP contribution in [0.1, 0.15) is 26.2 Å². The second-order valence-electron chi connectivity index (χ2n) is 4.15. The first-order chi connectivity index (χ1) is 6.63. The number of ether oxygens (including phenoxy) is 1. The lowest BCUT2D eigenvalue weighted by Crippen LogP contribution is -2.43. The molecule has 0 aromatic carbocycles. The van der Waals surface area contributed by atoms with Crippen LogP contribution in [0.15, 0.2) is 0 Å². The number of hydrogen-bond donors (Lipinski definition) is 2. The van der Waals surface area contributed by atoms with Crippen LogP contribution in [0.4, 0.5) is 0 Å². The van der Waals surface area contributed by atoms with Gasteiger partial charge in [0, 0.05) is 12.5 Å². The summed E-state index contributed by atoms with van der Waals surface area (Å²) in [5, 5.41) is 9.45. The molecule has 0 aliphatic carbocycles. The third kappa shape index (κ3) is 3.53. The summed E-state index contributed by atoms with van der Waals surface area (Å²) in [4.78, 5) is 2.27. The van der Waals surface area contributed by atoms with Gasteiger partial charge in [0.05, 0.1) is 6.10 Å². The van der Waals surface area contributed by atoms with Crippen LogP contribution in [0, 0.1) is 0 Å². The first kappa shape index (κ1) is 11.9. The van der Waals surface area contributed by atoms with Crippen molar-refractivity contribution < 1.29 is 9.84 Å². The number of aliphatic hydroxyl groups is 1. The molecule has 0 aromatic rings. The van der Waals surface area contributed by atoms with Gasteiger partial charge < -0.3 is 20.5 Å². The smallest absolute Gasteiger partial charge is 0.156 e. The van der Waals surface area contributed by atoms with Crippen LogP contribution in [0.3, 0.4) is 0 Å². The molecule has 1 aliphatic heterocycles. The van der Waals surface area contributed by atoms with Gasteiger partial charge in [-0.2, -0.15) is 0 Å². The van der Waals surface area contributed by atoms with E-state index >= 15 is 0 Å². The van der Waals surface area contributed by atoms with Crippen LogP contribution in [-0.2, 0) is 4.74 Å². The van der Waals surface area contributed by atoms with Crippen LogP contribution in [-0.4, -0.2) is 48.6 Å². The summed E-state index contributed by atoms with van der Waals surface area (Å²) in [5.41, 5.74) is 5.46. The molecular weight excluding hydrogens is 180 g/mol. The predicted molar refractivity (Wildman–Crippen MR) is 55.9 cm³/mol. The molecule has 84 valence electrons. The Morgan fingerprint density at radius 1 is 1.50 bits per heavy atom. The van der Waals surface area contributed by atoms with Crippen molar-refractivity contribution in [3.05, 3.63) is 0 Å². The molecule has 4 nitrogen and oxygen atoms in total. The van der Waals surface area contributed by atoms with E-state index in [1.54, 1.807) is 0 Å². The van der Waals surface area contributed by atoms with Gasteiger partial charge in [-0.1, -0.05) is 0 Å². The zero-order chi connectivity index (χ0) is 10.6. The van der Waals surface area contributed by atoms with E-state index in [0.717, 1.165) is 25.9 Å². The molecule has 3 atom stereocenters. The Morgan fingerprint density at radius 3 is 2.79 bits per heavy atom. The van der Waals surface area contributed by atoms with E-state index < -0.39 is 6.29 Å². The van der Waals surface area contributed by atoms with Crippen molar-refractivity contribution in [3.63, 3.8) is 0 Å². The molecule has 1 rings (SSSR count). The zero-order valence-electron chi connectivity index (χ0n) is 9.15. The summed E-state index contributed by atoms with van der Waals surface area (Å²) in [6, 6.07) is 0.431. The number of hydrogen-bond acceptors (Lipinski definition) is 4. The van der Waals surface area contributed by atoms with Crippen molar-refractivity contribution in [2.24, 2.45) is 5.73 Å². The highest BCUT2D eigenvalue weighted by molar-refractivity contribution is 4.77. The number of nitrogens with zero attached hydrogens (tertiary/aromatic N) is 1. The molecule has 3 N–H and O–H groups in total. The van der Waals surface area contributed by atoms with Crippen molar-refractivity contribution in [2.45, 2.75) is 44.6 Å². The Hall–Kier alpha value is -0.160. The van der Waals surface area contributed by atoms with Crippen molar-refractivity contribution in [3.8, 4) is 0 Å². The maximum atomic E-state index is 9.45. The summed E-state index contributed by atoms with van der Waals surface area (Å²) in [6.07, 6.45) is 2.29. The first-order valence-corrected chi connectivity index (χ1v) is 5.37. The van der Waals surface area contributed by atoms with Gasteiger partial charge >= 0.3 is 0 Å². The van der Waals surface area contributed by atoms with Crippen LogP contribution in [0.25, 0.3) is 0 Å². The highest BCUT2D eigenvalue weighted by atomic mass is 16.6. The van der Waals surface area contributed by atoms with Gasteiger partial charge in [0.25, 0.3) is 0 Å². The van der Waals surface area contributed by atoms with Crippen molar-refractivity contribution >= 4 is 0 Å². The maximum Gasteiger partial charge on any atom is 0.156 e. The molecular formula is C10H22N2O2. The Balaban J connectivity index is 2.34. The average Bonchev–Trinajstić information content (AvgIpc) is 2.12. The van der Waals surface area contributed by atoms with E-state index in [0.29, 0.717) is 12.5 Å². The summed E-state index contributed by atoms with van der Waals surface area (Å²) in [5.74, 6) is 0. The predicted octanol–water partition coefficient (Wildman–Crippen LogP) is 0.153. The van der Waals surface area contributed by atoms with Crippen LogP contribution in [0.5, 0.6) is 0 Å². The molecule has 0 aromatic heterocycles. The minimum atomic E-state index is -0.593. The second-order valence-corrected chi connectivity index (χ2v) is 4.15. The van der Waals surface area contributed by atoms with E-state index in [9.17, 15) is 5.11 Å². The monoisotopic (exact) mass is 202 g/mol. The standard InChI is InChI=1S/C10H22N2O2/c1-8-6-9(7-10(13)14-8)12(2)5-3-4-11/h8-10,13H,3-7,11H2,1-2H3. The Bertz CT molecular complexity index is 156. The van der Waals surface area contributed by atoms with Crippen molar-refractivity contribution in [2.75, 3.05) is 20.1 Å². The molecule has 1 heterocycles. The Morgan fingerprint density at radius 2 is 2.21 bits per heavy atom.